The Morgan fingerprint density at radius 3 is 2.83 bits per heavy atom. The first-order valence-electron chi connectivity index (χ1n) is 6.22. The van der Waals surface area contributed by atoms with Crippen molar-refractivity contribution in [3.8, 4) is 0 Å². The smallest absolute Gasteiger partial charge is 0.224 e. The first kappa shape index (κ1) is 15.0. The van der Waals surface area contributed by atoms with Crippen molar-refractivity contribution in [2.45, 2.75) is 38.8 Å². The average molecular weight is 269 g/mol. The number of halogens is 1. The van der Waals surface area contributed by atoms with Gasteiger partial charge in [-0.2, -0.15) is 0 Å². The number of rotatable bonds is 2. The second-order valence-corrected chi connectivity index (χ2v) is 4.89. The molecule has 1 heterocycles. The van der Waals surface area contributed by atoms with Crippen molar-refractivity contribution in [1.82, 2.24) is 4.90 Å². The summed E-state index contributed by atoms with van der Waals surface area (Å²) in [7, 11) is 0. The van der Waals surface area contributed by atoms with Gasteiger partial charge in [-0.05, 0) is 31.4 Å². The van der Waals surface area contributed by atoms with Crippen LogP contribution in [0.25, 0.3) is 0 Å². The van der Waals surface area contributed by atoms with Crippen LogP contribution in [0, 0.1) is 0 Å². The highest BCUT2D eigenvalue weighted by atomic mass is 35.5. The molecule has 18 heavy (non-hydrogen) atoms. The summed E-state index contributed by atoms with van der Waals surface area (Å²) >= 11 is 0. The molecule has 2 unspecified atom stereocenters. The third-order valence-corrected chi connectivity index (χ3v) is 3.41. The lowest BCUT2D eigenvalue weighted by molar-refractivity contribution is -0.134. The summed E-state index contributed by atoms with van der Waals surface area (Å²) in [6.07, 6.45) is 1.39. The molecular weight excluding hydrogens is 248 g/mol. The molecule has 2 N–H and O–H groups in total. The Kier molecular flexibility index (Phi) is 5.17. The molecule has 2 atom stereocenters. The van der Waals surface area contributed by atoms with Crippen LogP contribution < -0.4 is 5.73 Å². The molecule has 0 saturated heterocycles. The maximum Gasteiger partial charge on any atom is 0.224 e. The van der Waals surface area contributed by atoms with Crippen LogP contribution in [-0.2, 0) is 11.2 Å². The number of fused-ring (bicyclic) bond motifs is 1. The van der Waals surface area contributed by atoms with Crippen molar-refractivity contribution >= 4 is 18.3 Å². The summed E-state index contributed by atoms with van der Waals surface area (Å²) < 4.78 is 0. The summed E-state index contributed by atoms with van der Waals surface area (Å²) in [4.78, 5) is 14.0. The zero-order chi connectivity index (χ0) is 12.4. The highest BCUT2D eigenvalue weighted by Crippen LogP contribution is 2.29. The van der Waals surface area contributed by atoms with E-state index in [1.807, 2.05) is 17.9 Å². The summed E-state index contributed by atoms with van der Waals surface area (Å²) in [6, 6.07) is 8.47. The highest BCUT2D eigenvalue weighted by molar-refractivity contribution is 5.85. The Balaban J connectivity index is 0.00000162. The van der Waals surface area contributed by atoms with Crippen LogP contribution in [0.15, 0.2) is 24.3 Å². The molecular formula is C14H21ClN2O. The fourth-order valence-corrected chi connectivity index (χ4v) is 2.51. The van der Waals surface area contributed by atoms with Gasteiger partial charge in [-0.15, -0.1) is 12.4 Å². The number of amides is 1. The SMILES string of the molecule is CC(N)CC(=O)N1CCc2ccccc2C1C.Cl. The largest absolute Gasteiger partial charge is 0.336 e. The second kappa shape index (κ2) is 6.21. The average Bonchev–Trinajstić information content (AvgIpc) is 2.28. The van der Waals surface area contributed by atoms with Crippen molar-refractivity contribution in [2.24, 2.45) is 5.73 Å². The first-order chi connectivity index (χ1) is 8.09. The van der Waals surface area contributed by atoms with E-state index in [9.17, 15) is 4.79 Å². The Morgan fingerprint density at radius 1 is 1.50 bits per heavy atom. The predicted octanol–water partition coefficient (Wildman–Crippen LogP) is 2.29. The predicted molar refractivity (Wildman–Crippen MR) is 75.8 cm³/mol. The molecule has 2 rings (SSSR count). The molecule has 4 heteroatoms. The lowest BCUT2D eigenvalue weighted by Crippen LogP contribution is -2.40. The molecule has 100 valence electrons. The van der Waals surface area contributed by atoms with E-state index < -0.39 is 0 Å². The van der Waals surface area contributed by atoms with Gasteiger partial charge in [0, 0.05) is 19.0 Å². The van der Waals surface area contributed by atoms with E-state index in [1.165, 1.54) is 11.1 Å². The molecule has 0 fully saturated rings. The lowest BCUT2D eigenvalue weighted by atomic mass is 9.93. The molecule has 1 aliphatic rings. The van der Waals surface area contributed by atoms with Crippen LogP contribution in [0.5, 0.6) is 0 Å². The molecule has 1 amide bonds. The molecule has 0 aliphatic carbocycles. The van der Waals surface area contributed by atoms with Gasteiger partial charge in [0.15, 0.2) is 0 Å². The van der Waals surface area contributed by atoms with Crippen LogP contribution in [0.2, 0.25) is 0 Å². The minimum absolute atomic E-state index is 0. The Bertz CT molecular complexity index is 420. The quantitative estimate of drug-likeness (QED) is 0.895. The summed E-state index contributed by atoms with van der Waals surface area (Å²) in [5, 5.41) is 0. The van der Waals surface area contributed by atoms with Gasteiger partial charge in [-0.3, -0.25) is 4.79 Å². The first-order valence-corrected chi connectivity index (χ1v) is 6.22. The number of carbonyl (C=O) groups is 1. The van der Waals surface area contributed by atoms with Gasteiger partial charge in [-0.25, -0.2) is 0 Å². The number of nitrogens with two attached hydrogens (primary N) is 1. The lowest BCUT2D eigenvalue weighted by Gasteiger charge is -2.35. The Morgan fingerprint density at radius 2 is 2.17 bits per heavy atom. The van der Waals surface area contributed by atoms with Gasteiger partial charge in [-0.1, -0.05) is 24.3 Å². The van der Waals surface area contributed by atoms with Gasteiger partial charge < -0.3 is 10.6 Å². The molecule has 0 bridgehead atoms. The molecule has 3 nitrogen and oxygen atoms in total. The third kappa shape index (κ3) is 3.03. The van der Waals surface area contributed by atoms with E-state index in [2.05, 4.69) is 25.1 Å². The molecule has 0 aromatic heterocycles. The van der Waals surface area contributed by atoms with Gasteiger partial charge in [0.2, 0.25) is 5.91 Å². The maximum atomic E-state index is 12.1. The van der Waals surface area contributed by atoms with Crippen molar-refractivity contribution in [3.63, 3.8) is 0 Å². The minimum Gasteiger partial charge on any atom is -0.336 e. The zero-order valence-electron chi connectivity index (χ0n) is 10.9. The van der Waals surface area contributed by atoms with Crippen LogP contribution in [0.1, 0.15) is 37.4 Å². The van der Waals surface area contributed by atoms with Crippen LogP contribution in [0.3, 0.4) is 0 Å². The summed E-state index contributed by atoms with van der Waals surface area (Å²) in [5.41, 5.74) is 8.33. The molecule has 1 aromatic rings. The van der Waals surface area contributed by atoms with E-state index in [4.69, 9.17) is 5.73 Å². The monoisotopic (exact) mass is 268 g/mol. The van der Waals surface area contributed by atoms with Crippen molar-refractivity contribution in [1.29, 1.82) is 0 Å². The van der Waals surface area contributed by atoms with Crippen LogP contribution >= 0.6 is 12.4 Å². The van der Waals surface area contributed by atoms with Crippen LogP contribution in [-0.4, -0.2) is 23.4 Å². The van der Waals surface area contributed by atoms with Gasteiger partial charge in [0.25, 0.3) is 0 Å². The van der Waals surface area contributed by atoms with Gasteiger partial charge >= 0.3 is 0 Å². The van der Waals surface area contributed by atoms with Gasteiger partial charge in [0.05, 0.1) is 6.04 Å². The van der Waals surface area contributed by atoms with E-state index in [1.54, 1.807) is 0 Å². The zero-order valence-corrected chi connectivity index (χ0v) is 11.7. The van der Waals surface area contributed by atoms with Crippen molar-refractivity contribution in [3.05, 3.63) is 35.4 Å². The number of benzene rings is 1. The van der Waals surface area contributed by atoms with E-state index in [0.717, 1.165) is 13.0 Å². The summed E-state index contributed by atoms with van der Waals surface area (Å²) in [6.45, 7) is 4.78. The number of hydrogen-bond donors (Lipinski definition) is 1. The molecule has 1 aromatic carbocycles. The fourth-order valence-electron chi connectivity index (χ4n) is 2.51. The van der Waals surface area contributed by atoms with Gasteiger partial charge in [0.1, 0.15) is 0 Å². The Labute approximate surface area is 115 Å². The normalized spacial score (nSPS) is 19.7. The van der Waals surface area contributed by atoms with Crippen LogP contribution in [0.4, 0.5) is 0 Å². The molecule has 0 radical (unpaired) electrons. The third-order valence-electron chi connectivity index (χ3n) is 3.41. The van der Waals surface area contributed by atoms with Crippen molar-refractivity contribution in [2.75, 3.05) is 6.54 Å². The number of hydrogen-bond acceptors (Lipinski definition) is 2. The standard InChI is InChI=1S/C14H20N2O.ClH/c1-10(15)9-14(17)16-8-7-12-5-3-4-6-13(12)11(16)2;/h3-6,10-11H,7-9,15H2,1-2H3;1H. The number of carbonyl (C=O) groups excluding carboxylic acids is 1. The van der Waals surface area contributed by atoms with Crippen molar-refractivity contribution < 1.29 is 4.79 Å². The van der Waals surface area contributed by atoms with E-state index in [0.29, 0.717) is 6.42 Å². The minimum atomic E-state index is -0.0631. The molecule has 1 aliphatic heterocycles. The van der Waals surface area contributed by atoms with E-state index >= 15 is 0 Å². The topological polar surface area (TPSA) is 46.3 Å². The Hall–Kier alpha value is -1.06. The molecule has 0 spiro atoms. The maximum absolute atomic E-state index is 12.1. The fraction of sp³-hybridized carbons (Fsp3) is 0.500. The summed E-state index contributed by atoms with van der Waals surface area (Å²) in [5.74, 6) is 0.169. The van der Waals surface area contributed by atoms with E-state index in [-0.39, 0.29) is 30.4 Å². The molecule has 0 saturated carbocycles. The number of nitrogens with zero attached hydrogens (tertiary/aromatic N) is 1. The second-order valence-electron chi connectivity index (χ2n) is 4.89. The highest BCUT2D eigenvalue weighted by Gasteiger charge is 2.27.